The van der Waals surface area contributed by atoms with Crippen molar-refractivity contribution in [2.75, 3.05) is 6.79 Å². The van der Waals surface area contributed by atoms with E-state index >= 15 is 0 Å². The molecular weight excluding hydrogens is 238 g/mol. The fourth-order valence-electron chi connectivity index (χ4n) is 2.18. The van der Waals surface area contributed by atoms with Gasteiger partial charge in [0.15, 0.2) is 11.5 Å². The highest BCUT2D eigenvalue weighted by Gasteiger charge is 2.13. The van der Waals surface area contributed by atoms with Crippen molar-refractivity contribution in [1.82, 2.24) is 5.32 Å². The Balaban J connectivity index is 1.63. The van der Waals surface area contributed by atoms with Crippen molar-refractivity contribution >= 4 is 0 Å². The average Bonchev–Trinajstić information content (AvgIpc) is 2.93. The van der Waals surface area contributed by atoms with Crippen LogP contribution in [0.2, 0.25) is 0 Å². The molecule has 0 amide bonds. The first-order valence-corrected chi connectivity index (χ1v) is 6.50. The maximum Gasteiger partial charge on any atom is 0.231 e. The van der Waals surface area contributed by atoms with Gasteiger partial charge in [-0.15, -0.1) is 0 Å². The quantitative estimate of drug-likeness (QED) is 0.909. The fraction of sp³-hybridized carbons (Fsp3) is 0.250. The Morgan fingerprint density at radius 2 is 1.84 bits per heavy atom. The minimum Gasteiger partial charge on any atom is -0.454 e. The number of rotatable bonds is 4. The summed E-state index contributed by atoms with van der Waals surface area (Å²) in [6, 6.07) is 16.8. The van der Waals surface area contributed by atoms with Crippen LogP contribution >= 0.6 is 0 Å². The molecule has 0 bridgehead atoms. The molecule has 1 aliphatic heterocycles. The normalized spacial score (nSPS) is 14.4. The Bertz CT molecular complexity index is 554. The molecule has 98 valence electrons. The van der Waals surface area contributed by atoms with Gasteiger partial charge >= 0.3 is 0 Å². The zero-order chi connectivity index (χ0) is 13.1. The van der Waals surface area contributed by atoms with Crippen LogP contribution in [-0.2, 0) is 6.54 Å². The Morgan fingerprint density at radius 1 is 1.05 bits per heavy atom. The van der Waals surface area contributed by atoms with Crippen LogP contribution in [0.4, 0.5) is 0 Å². The molecule has 1 heterocycles. The van der Waals surface area contributed by atoms with E-state index in [9.17, 15) is 0 Å². The topological polar surface area (TPSA) is 30.5 Å². The number of hydrogen-bond acceptors (Lipinski definition) is 3. The third kappa shape index (κ3) is 2.71. The lowest BCUT2D eigenvalue weighted by atomic mass is 10.1. The minimum absolute atomic E-state index is 0.326. The Labute approximate surface area is 113 Å². The van der Waals surface area contributed by atoms with Crippen molar-refractivity contribution in [3.05, 3.63) is 59.7 Å². The summed E-state index contributed by atoms with van der Waals surface area (Å²) in [4.78, 5) is 0. The van der Waals surface area contributed by atoms with Crippen molar-refractivity contribution in [1.29, 1.82) is 0 Å². The van der Waals surface area contributed by atoms with Crippen LogP contribution in [0.3, 0.4) is 0 Å². The molecule has 1 N–H and O–H groups in total. The maximum absolute atomic E-state index is 5.38. The smallest absolute Gasteiger partial charge is 0.231 e. The van der Waals surface area contributed by atoms with Crippen molar-refractivity contribution in [2.45, 2.75) is 19.5 Å². The van der Waals surface area contributed by atoms with Crippen molar-refractivity contribution in [3.63, 3.8) is 0 Å². The van der Waals surface area contributed by atoms with E-state index in [1.807, 2.05) is 18.2 Å². The number of fused-ring (bicyclic) bond motifs is 1. The van der Waals surface area contributed by atoms with Crippen molar-refractivity contribution < 1.29 is 9.47 Å². The first-order chi connectivity index (χ1) is 9.33. The molecule has 0 saturated carbocycles. The summed E-state index contributed by atoms with van der Waals surface area (Å²) < 4.78 is 10.7. The lowest BCUT2D eigenvalue weighted by Gasteiger charge is -2.14. The van der Waals surface area contributed by atoms with E-state index in [-0.39, 0.29) is 0 Å². The average molecular weight is 255 g/mol. The van der Waals surface area contributed by atoms with Gasteiger partial charge in [0.1, 0.15) is 0 Å². The predicted octanol–water partition coefficient (Wildman–Crippen LogP) is 3.27. The summed E-state index contributed by atoms with van der Waals surface area (Å²) in [5.74, 6) is 1.67. The highest BCUT2D eigenvalue weighted by Crippen LogP contribution is 2.32. The Morgan fingerprint density at radius 3 is 2.68 bits per heavy atom. The van der Waals surface area contributed by atoms with Crippen LogP contribution in [0.5, 0.6) is 11.5 Å². The van der Waals surface area contributed by atoms with Gasteiger partial charge in [-0.05, 0) is 30.2 Å². The molecule has 3 heteroatoms. The molecule has 0 saturated heterocycles. The SMILES string of the molecule is C[C@@H](NCc1ccc2c(c1)OCO2)c1ccccc1. The monoisotopic (exact) mass is 255 g/mol. The second-order valence-electron chi connectivity index (χ2n) is 4.70. The number of ether oxygens (including phenoxy) is 2. The van der Waals surface area contributed by atoms with Gasteiger partial charge < -0.3 is 14.8 Å². The van der Waals surface area contributed by atoms with E-state index in [1.54, 1.807) is 0 Å². The van der Waals surface area contributed by atoms with Gasteiger partial charge in [0, 0.05) is 12.6 Å². The van der Waals surface area contributed by atoms with Gasteiger partial charge in [-0.25, -0.2) is 0 Å². The summed E-state index contributed by atoms with van der Waals surface area (Å²) >= 11 is 0. The maximum atomic E-state index is 5.38. The lowest BCUT2D eigenvalue weighted by Crippen LogP contribution is -2.17. The molecule has 0 fully saturated rings. The summed E-state index contributed by atoms with van der Waals surface area (Å²) in [5, 5.41) is 3.51. The third-order valence-corrected chi connectivity index (χ3v) is 3.35. The number of benzene rings is 2. The molecule has 2 aromatic rings. The van der Waals surface area contributed by atoms with E-state index in [2.05, 4.69) is 42.6 Å². The van der Waals surface area contributed by atoms with E-state index in [0.717, 1.165) is 18.0 Å². The first kappa shape index (κ1) is 12.1. The molecule has 2 aromatic carbocycles. The van der Waals surface area contributed by atoms with E-state index in [4.69, 9.17) is 9.47 Å². The standard InChI is InChI=1S/C16H17NO2/c1-12(14-5-3-2-4-6-14)17-10-13-7-8-15-16(9-13)19-11-18-15/h2-9,12,17H,10-11H2,1H3/t12-/m1/s1. The predicted molar refractivity (Wildman–Crippen MR) is 74.3 cm³/mol. The van der Waals surface area contributed by atoms with Crippen LogP contribution in [0.25, 0.3) is 0 Å². The molecule has 0 spiro atoms. The zero-order valence-corrected chi connectivity index (χ0v) is 10.9. The Hall–Kier alpha value is -2.00. The molecule has 19 heavy (non-hydrogen) atoms. The first-order valence-electron chi connectivity index (χ1n) is 6.50. The molecule has 3 rings (SSSR count). The molecule has 1 aliphatic rings. The second kappa shape index (κ2) is 5.33. The molecule has 0 aliphatic carbocycles. The van der Waals surface area contributed by atoms with E-state index in [1.165, 1.54) is 11.1 Å². The van der Waals surface area contributed by atoms with Crippen LogP contribution < -0.4 is 14.8 Å². The Kier molecular flexibility index (Phi) is 3.38. The molecule has 0 unspecified atom stereocenters. The number of nitrogens with one attached hydrogen (secondary N) is 1. The highest BCUT2D eigenvalue weighted by molar-refractivity contribution is 5.44. The highest BCUT2D eigenvalue weighted by atomic mass is 16.7. The van der Waals surface area contributed by atoms with Crippen LogP contribution in [0.1, 0.15) is 24.1 Å². The van der Waals surface area contributed by atoms with Gasteiger partial charge in [0.05, 0.1) is 0 Å². The van der Waals surface area contributed by atoms with Gasteiger partial charge in [0.2, 0.25) is 6.79 Å². The fourth-order valence-corrected chi connectivity index (χ4v) is 2.18. The van der Waals surface area contributed by atoms with Gasteiger partial charge in [-0.1, -0.05) is 36.4 Å². The van der Waals surface area contributed by atoms with Crippen molar-refractivity contribution in [3.8, 4) is 11.5 Å². The lowest BCUT2D eigenvalue weighted by molar-refractivity contribution is 0.174. The molecular formula is C16H17NO2. The van der Waals surface area contributed by atoms with Crippen LogP contribution in [-0.4, -0.2) is 6.79 Å². The van der Waals surface area contributed by atoms with Crippen molar-refractivity contribution in [2.24, 2.45) is 0 Å². The largest absolute Gasteiger partial charge is 0.454 e. The number of hydrogen-bond donors (Lipinski definition) is 1. The second-order valence-corrected chi connectivity index (χ2v) is 4.70. The molecule has 3 nitrogen and oxygen atoms in total. The molecule has 1 atom stereocenters. The third-order valence-electron chi connectivity index (χ3n) is 3.35. The van der Waals surface area contributed by atoms with Gasteiger partial charge in [-0.2, -0.15) is 0 Å². The van der Waals surface area contributed by atoms with E-state index < -0.39 is 0 Å². The zero-order valence-electron chi connectivity index (χ0n) is 10.9. The summed E-state index contributed by atoms with van der Waals surface area (Å²) in [5.41, 5.74) is 2.50. The van der Waals surface area contributed by atoms with Gasteiger partial charge in [-0.3, -0.25) is 0 Å². The molecule has 0 aromatic heterocycles. The molecule has 0 radical (unpaired) electrons. The van der Waals surface area contributed by atoms with E-state index in [0.29, 0.717) is 12.8 Å². The summed E-state index contributed by atoms with van der Waals surface area (Å²) in [7, 11) is 0. The minimum atomic E-state index is 0.326. The van der Waals surface area contributed by atoms with Crippen LogP contribution in [0.15, 0.2) is 48.5 Å². The summed E-state index contributed by atoms with van der Waals surface area (Å²) in [6.45, 7) is 3.31. The van der Waals surface area contributed by atoms with Crippen LogP contribution in [0, 0.1) is 0 Å². The summed E-state index contributed by atoms with van der Waals surface area (Å²) in [6.07, 6.45) is 0. The van der Waals surface area contributed by atoms with Gasteiger partial charge in [0.25, 0.3) is 0 Å².